The molecule has 1 aliphatic heterocycles. The van der Waals surface area contributed by atoms with E-state index in [4.69, 9.17) is 16.3 Å². The van der Waals surface area contributed by atoms with Crippen LogP contribution in [-0.2, 0) is 21.4 Å². The third-order valence-corrected chi connectivity index (χ3v) is 6.65. The summed E-state index contributed by atoms with van der Waals surface area (Å²) in [5.41, 5.74) is 0.158. The summed E-state index contributed by atoms with van der Waals surface area (Å²) in [6.45, 7) is 0.640. The van der Waals surface area contributed by atoms with Crippen molar-refractivity contribution in [3.63, 3.8) is 0 Å². The fraction of sp³-hybridized carbons (Fsp3) is 0.316. The number of esters is 1. The van der Waals surface area contributed by atoms with E-state index < -0.39 is 21.8 Å². The predicted molar refractivity (Wildman–Crippen MR) is 99.6 cm³/mol. The van der Waals surface area contributed by atoms with Crippen molar-refractivity contribution in [2.75, 3.05) is 13.1 Å². The van der Waals surface area contributed by atoms with Crippen molar-refractivity contribution in [1.29, 1.82) is 0 Å². The van der Waals surface area contributed by atoms with E-state index in [-0.39, 0.29) is 27.7 Å². The smallest absolute Gasteiger partial charge is 0.340 e. The van der Waals surface area contributed by atoms with Crippen LogP contribution >= 0.6 is 11.6 Å². The second kappa shape index (κ2) is 8.37. The van der Waals surface area contributed by atoms with Crippen molar-refractivity contribution >= 4 is 27.6 Å². The summed E-state index contributed by atoms with van der Waals surface area (Å²) in [5, 5.41) is 0.0751. The van der Waals surface area contributed by atoms with Crippen molar-refractivity contribution in [2.45, 2.75) is 30.8 Å². The minimum absolute atomic E-state index is 0.00774. The SMILES string of the molecule is O=C(OCc1ccccc1F)c1cc(S(=O)(=O)N2CCCCC2)ccc1Cl. The van der Waals surface area contributed by atoms with Gasteiger partial charge in [0.2, 0.25) is 10.0 Å². The molecule has 0 saturated carbocycles. The van der Waals surface area contributed by atoms with Crippen LogP contribution in [-0.4, -0.2) is 31.8 Å². The molecule has 27 heavy (non-hydrogen) atoms. The maximum Gasteiger partial charge on any atom is 0.340 e. The molecular formula is C19H19ClFNO4S. The van der Waals surface area contributed by atoms with Gasteiger partial charge in [0, 0.05) is 18.7 Å². The van der Waals surface area contributed by atoms with Gasteiger partial charge in [-0.2, -0.15) is 4.31 Å². The first-order valence-electron chi connectivity index (χ1n) is 8.60. The third-order valence-electron chi connectivity index (χ3n) is 4.43. The highest BCUT2D eigenvalue weighted by Gasteiger charge is 2.27. The molecule has 0 aliphatic carbocycles. The molecule has 2 aromatic carbocycles. The largest absolute Gasteiger partial charge is 0.457 e. The van der Waals surface area contributed by atoms with Gasteiger partial charge in [0.05, 0.1) is 15.5 Å². The monoisotopic (exact) mass is 411 g/mol. The molecule has 0 N–H and O–H groups in total. The number of benzene rings is 2. The number of carbonyl (C=O) groups is 1. The maximum atomic E-state index is 13.6. The molecule has 0 atom stereocenters. The summed E-state index contributed by atoms with van der Waals surface area (Å²) in [6, 6.07) is 9.88. The van der Waals surface area contributed by atoms with E-state index in [1.165, 1.54) is 40.7 Å². The zero-order valence-corrected chi connectivity index (χ0v) is 16.1. The lowest BCUT2D eigenvalue weighted by Crippen LogP contribution is -2.35. The molecule has 1 aliphatic rings. The molecule has 5 nitrogen and oxygen atoms in total. The van der Waals surface area contributed by atoms with Crippen molar-refractivity contribution in [3.8, 4) is 0 Å². The van der Waals surface area contributed by atoms with Crippen LogP contribution in [0.4, 0.5) is 4.39 Å². The Bertz CT molecular complexity index is 942. The number of nitrogens with zero attached hydrogens (tertiary/aromatic N) is 1. The Morgan fingerprint density at radius 2 is 1.81 bits per heavy atom. The molecule has 0 radical (unpaired) electrons. The summed E-state index contributed by atoms with van der Waals surface area (Å²) in [5.74, 6) is -1.29. The van der Waals surface area contributed by atoms with Crippen LogP contribution in [0.25, 0.3) is 0 Å². The van der Waals surface area contributed by atoms with Crippen molar-refractivity contribution in [1.82, 2.24) is 4.31 Å². The van der Waals surface area contributed by atoms with Gasteiger partial charge in [0.25, 0.3) is 0 Å². The molecular weight excluding hydrogens is 393 g/mol. The summed E-state index contributed by atoms with van der Waals surface area (Å²) < 4.78 is 45.7. The van der Waals surface area contributed by atoms with Gasteiger partial charge >= 0.3 is 5.97 Å². The molecule has 8 heteroatoms. The predicted octanol–water partition coefficient (Wildman–Crippen LogP) is 4.01. The minimum Gasteiger partial charge on any atom is -0.457 e. The van der Waals surface area contributed by atoms with Gasteiger partial charge in [-0.3, -0.25) is 0 Å². The van der Waals surface area contributed by atoms with Crippen LogP contribution in [0.5, 0.6) is 0 Å². The Labute approximate surface area is 162 Å². The second-order valence-corrected chi connectivity index (χ2v) is 8.62. The Hall–Kier alpha value is -1.96. The molecule has 0 bridgehead atoms. The Morgan fingerprint density at radius 1 is 1.11 bits per heavy atom. The number of halogens is 2. The molecule has 0 amide bonds. The van der Waals surface area contributed by atoms with Crippen molar-refractivity contribution in [2.24, 2.45) is 0 Å². The molecule has 3 rings (SSSR count). The first-order chi connectivity index (χ1) is 12.9. The highest BCUT2D eigenvalue weighted by molar-refractivity contribution is 7.89. The van der Waals surface area contributed by atoms with Crippen LogP contribution in [0.1, 0.15) is 35.2 Å². The summed E-state index contributed by atoms with van der Waals surface area (Å²) >= 11 is 6.06. The lowest BCUT2D eigenvalue weighted by molar-refractivity contribution is 0.0469. The minimum atomic E-state index is -3.70. The van der Waals surface area contributed by atoms with Crippen LogP contribution in [0.3, 0.4) is 0 Å². The fourth-order valence-corrected chi connectivity index (χ4v) is 4.65. The summed E-state index contributed by atoms with van der Waals surface area (Å²) in [6.07, 6.45) is 2.62. The molecule has 0 unspecified atom stereocenters. The average Bonchev–Trinajstić information content (AvgIpc) is 2.68. The topological polar surface area (TPSA) is 63.7 Å². The van der Waals surface area contributed by atoms with Gasteiger partial charge in [0.15, 0.2) is 0 Å². The van der Waals surface area contributed by atoms with Gasteiger partial charge in [-0.1, -0.05) is 36.2 Å². The zero-order chi connectivity index (χ0) is 19.4. The van der Waals surface area contributed by atoms with E-state index in [1.807, 2.05) is 0 Å². The molecule has 1 fully saturated rings. The number of hydrogen-bond acceptors (Lipinski definition) is 4. The highest BCUT2D eigenvalue weighted by atomic mass is 35.5. The first-order valence-corrected chi connectivity index (χ1v) is 10.4. The zero-order valence-electron chi connectivity index (χ0n) is 14.5. The maximum absolute atomic E-state index is 13.6. The van der Waals surface area contributed by atoms with Gasteiger partial charge in [-0.15, -0.1) is 0 Å². The molecule has 2 aromatic rings. The number of ether oxygens (including phenoxy) is 1. The van der Waals surface area contributed by atoms with E-state index in [0.717, 1.165) is 19.3 Å². The normalized spacial score (nSPS) is 15.5. The van der Waals surface area contributed by atoms with Crippen LogP contribution < -0.4 is 0 Å². The number of sulfonamides is 1. The highest BCUT2D eigenvalue weighted by Crippen LogP contribution is 2.26. The lowest BCUT2D eigenvalue weighted by atomic mass is 10.2. The van der Waals surface area contributed by atoms with E-state index in [0.29, 0.717) is 13.1 Å². The van der Waals surface area contributed by atoms with Crippen LogP contribution in [0, 0.1) is 5.82 Å². The van der Waals surface area contributed by atoms with Crippen LogP contribution in [0.15, 0.2) is 47.4 Å². The fourth-order valence-electron chi connectivity index (χ4n) is 2.91. The molecule has 0 spiro atoms. The Morgan fingerprint density at radius 3 is 2.52 bits per heavy atom. The quantitative estimate of drug-likeness (QED) is 0.697. The standard InChI is InChI=1S/C19H19ClFNO4S/c20-17-9-8-15(27(24,25)22-10-4-1-5-11-22)12-16(17)19(23)26-13-14-6-2-3-7-18(14)21/h2-3,6-9,12H,1,4-5,10-11,13H2. The molecule has 0 aromatic heterocycles. The third kappa shape index (κ3) is 4.48. The summed E-state index contributed by atoms with van der Waals surface area (Å²) in [4.78, 5) is 12.4. The van der Waals surface area contributed by atoms with Crippen LogP contribution in [0.2, 0.25) is 5.02 Å². The lowest BCUT2D eigenvalue weighted by Gasteiger charge is -2.26. The van der Waals surface area contributed by atoms with Crippen molar-refractivity contribution in [3.05, 3.63) is 64.4 Å². The van der Waals surface area contributed by atoms with E-state index in [2.05, 4.69) is 0 Å². The first kappa shape index (κ1) is 19.8. The molecule has 144 valence electrons. The van der Waals surface area contributed by atoms with E-state index in [9.17, 15) is 17.6 Å². The molecule has 1 heterocycles. The number of hydrogen-bond donors (Lipinski definition) is 0. The van der Waals surface area contributed by atoms with Gasteiger partial charge in [-0.25, -0.2) is 17.6 Å². The second-order valence-electron chi connectivity index (χ2n) is 6.27. The van der Waals surface area contributed by atoms with E-state index >= 15 is 0 Å². The van der Waals surface area contributed by atoms with Gasteiger partial charge in [0.1, 0.15) is 12.4 Å². The van der Waals surface area contributed by atoms with Gasteiger partial charge < -0.3 is 4.74 Å². The number of carbonyl (C=O) groups excluding carboxylic acids is 1. The Balaban J connectivity index is 1.80. The Kier molecular flexibility index (Phi) is 6.14. The number of rotatable bonds is 5. The molecule has 1 saturated heterocycles. The number of piperidine rings is 1. The van der Waals surface area contributed by atoms with E-state index in [1.54, 1.807) is 6.07 Å². The van der Waals surface area contributed by atoms with Gasteiger partial charge in [-0.05, 0) is 37.1 Å². The van der Waals surface area contributed by atoms with Crippen molar-refractivity contribution < 1.29 is 22.3 Å². The summed E-state index contributed by atoms with van der Waals surface area (Å²) in [7, 11) is -3.70. The average molecular weight is 412 g/mol.